The van der Waals surface area contributed by atoms with E-state index in [-0.39, 0.29) is 17.3 Å². The summed E-state index contributed by atoms with van der Waals surface area (Å²) < 4.78 is 28.1. The Morgan fingerprint density at radius 3 is 2.41 bits per heavy atom. The van der Waals surface area contributed by atoms with E-state index in [1.165, 1.54) is 24.3 Å². The topological polar surface area (TPSA) is 93.1 Å². The van der Waals surface area contributed by atoms with Crippen LogP contribution in [0.15, 0.2) is 72.1 Å². The van der Waals surface area contributed by atoms with Crippen LogP contribution in [0.4, 0.5) is 5.69 Å². The summed E-state index contributed by atoms with van der Waals surface area (Å²) in [5.74, 6) is 1.86. The molecule has 0 atom stereocenters. The van der Waals surface area contributed by atoms with Gasteiger partial charge in [0.1, 0.15) is 0 Å². The fourth-order valence-corrected chi connectivity index (χ4v) is 3.27. The lowest BCUT2D eigenvalue weighted by Crippen LogP contribution is -2.24. The van der Waals surface area contributed by atoms with E-state index in [4.69, 9.17) is 6.42 Å². The number of sulfonamides is 1. The van der Waals surface area contributed by atoms with Crippen LogP contribution < -0.4 is 10.0 Å². The van der Waals surface area contributed by atoms with Crippen molar-refractivity contribution >= 4 is 21.6 Å². The minimum atomic E-state index is -3.68. The molecule has 0 aliphatic carbocycles. The van der Waals surface area contributed by atoms with Crippen molar-refractivity contribution in [2.75, 3.05) is 11.9 Å². The molecule has 136 valence electrons. The van der Waals surface area contributed by atoms with E-state index in [2.05, 4.69) is 20.9 Å². The normalized spacial score (nSPS) is 10.9. The molecule has 1 heterocycles. The number of nitrogens with zero attached hydrogens (tertiary/aromatic N) is 2. The summed E-state index contributed by atoms with van der Waals surface area (Å²) in [4.78, 5) is 16.4. The van der Waals surface area contributed by atoms with Gasteiger partial charge in [-0.3, -0.25) is 4.79 Å². The molecule has 1 amide bonds. The highest BCUT2D eigenvalue weighted by Crippen LogP contribution is 2.15. The van der Waals surface area contributed by atoms with E-state index in [1.807, 2.05) is 22.9 Å². The third kappa shape index (κ3) is 4.41. The number of imidazole rings is 1. The number of hydrogen-bond donors (Lipinski definition) is 2. The maximum Gasteiger partial charge on any atom is 0.255 e. The van der Waals surface area contributed by atoms with Crippen LogP contribution in [-0.4, -0.2) is 30.4 Å². The molecular weight excluding hydrogens is 364 g/mol. The van der Waals surface area contributed by atoms with Gasteiger partial charge < -0.3 is 9.88 Å². The second-order valence-electron chi connectivity index (χ2n) is 5.52. The molecular formula is C19H16N4O3S. The first-order chi connectivity index (χ1) is 13.0. The number of carbonyl (C=O) groups is 1. The summed E-state index contributed by atoms with van der Waals surface area (Å²) in [6.45, 7) is -0.0976. The lowest BCUT2D eigenvalue weighted by atomic mass is 10.2. The number of hydrogen-bond acceptors (Lipinski definition) is 4. The first kappa shape index (κ1) is 18.4. The van der Waals surface area contributed by atoms with Gasteiger partial charge in [0.15, 0.2) is 0 Å². The Morgan fingerprint density at radius 1 is 1.11 bits per heavy atom. The van der Waals surface area contributed by atoms with E-state index in [0.29, 0.717) is 11.3 Å². The Morgan fingerprint density at radius 2 is 1.81 bits per heavy atom. The zero-order chi connectivity index (χ0) is 19.3. The first-order valence-corrected chi connectivity index (χ1v) is 9.41. The Bertz CT molecular complexity index is 1070. The maximum absolute atomic E-state index is 12.3. The van der Waals surface area contributed by atoms with Crippen molar-refractivity contribution in [3.63, 3.8) is 0 Å². The van der Waals surface area contributed by atoms with Gasteiger partial charge in [0, 0.05) is 29.3 Å². The van der Waals surface area contributed by atoms with Gasteiger partial charge in [-0.1, -0.05) is 5.92 Å². The van der Waals surface area contributed by atoms with Gasteiger partial charge in [0.05, 0.1) is 17.8 Å². The van der Waals surface area contributed by atoms with Gasteiger partial charge in [-0.05, 0) is 48.5 Å². The zero-order valence-corrected chi connectivity index (χ0v) is 15.0. The SMILES string of the molecule is C#CCNS(=O)(=O)c1ccc(C(=O)Nc2ccc(-n3ccnc3)cc2)cc1. The molecule has 3 rings (SSSR count). The molecule has 0 saturated heterocycles. The molecule has 0 bridgehead atoms. The number of amides is 1. The van der Waals surface area contributed by atoms with Gasteiger partial charge in [0.25, 0.3) is 5.91 Å². The number of terminal acetylenes is 1. The number of benzene rings is 2. The molecule has 7 nitrogen and oxygen atoms in total. The number of nitrogens with one attached hydrogen (secondary N) is 2. The van der Waals surface area contributed by atoms with Crippen molar-refractivity contribution in [3.8, 4) is 18.0 Å². The monoisotopic (exact) mass is 380 g/mol. The smallest absolute Gasteiger partial charge is 0.255 e. The summed E-state index contributed by atoms with van der Waals surface area (Å²) in [6.07, 6.45) is 10.2. The van der Waals surface area contributed by atoms with Crippen LogP contribution in [0.2, 0.25) is 0 Å². The molecule has 0 fully saturated rings. The van der Waals surface area contributed by atoms with Crippen molar-refractivity contribution < 1.29 is 13.2 Å². The number of anilines is 1. The minimum absolute atomic E-state index is 0.0407. The Kier molecular flexibility index (Phi) is 5.35. The van der Waals surface area contributed by atoms with E-state index in [1.54, 1.807) is 24.7 Å². The highest BCUT2D eigenvalue weighted by molar-refractivity contribution is 7.89. The molecule has 0 spiro atoms. The van der Waals surface area contributed by atoms with Crippen LogP contribution in [-0.2, 0) is 10.0 Å². The fraction of sp³-hybridized carbons (Fsp3) is 0.0526. The third-order valence-corrected chi connectivity index (χ3v) is 5.14. The summed E-state index contributed by atoms with van der Waals surface area (Å²) >= 11 is 0. The molecule has 0 radical (unpaired) electrons. The maximum atomic E-state index is 12.3. The fourth-order valence-electron chi connectivity index (χ4n) is 2.34. The number of aromatic nitrogens is 2. The third-order valence-electron chi connectivity index (χ3n) is 3.72. The van der Waals surface area contributed by atoms with Crippen LogP contribution in [0.1, 0.15) is 10.4 Å². The highest BCUT2D eigenvalue weighted by Gasteiger charge is 2.14. The molecule has 1 aromatic heterocycles. The van der Waals surface area contributed by atoms with Gasteiger partial charge in [0.2, 0.25) is 10.0 Å². The predicted molar refractivity (Wildman–Crippen MR) is 102 cm³/mol. The van der Waals surface area contributed by atoms with Crippen LogP contribution in [0, 0.1) is 12.3 Å². The van der Waals surface area contributed by atoms with Crippen molar-refractivity contribution in [3.05, 3.63) is 72.8 Å². The van der Waals surface area contributed by atoms with E-state index in [9.17, 15) is 13.2 Å². The lowest BCUT2D eigenvalue weighted by molar-refractivity contribution is 0.102. The highest BCUT2D eigenvalue weighted by atomic mass is 32.2. The summed E-state index contributed by atoms with van der Waals surface area (Å²) in [6, 6.07) is 12.9. The molecule has 0 saturated carbocycles. The molecule has 3 aromatic rings. The van der Waals surface area contributed by atoms with Crippen LogP contribution in [0.3, 0.4) is 0 Å². The number of carbonyl (C=O) groups excluding carboxylic acids is 1. The second-order valence-corrected chi connectivity index (χ2v) is 7.29. The molecule has 27 heavy (non-hydrogen) atoms. The van der Waals surface area contributed by atoms with Crippen molar-refractivity contribution in [1.29, 1.82) is 0 Å². The molecule has 2 N–H and O–H groups in total. The Labute approximate surface area is 157 Å². The molecule has 0 aliphatic rings. The van der Waals surface area contributed by atoms with Crippen LogP contribution in [0.5, 0.6) is 0 Å². The van der Waals surface area contributed by atoms with Crippen molar-refractivity contribution in [2.24, 2.45) is 0 Å². The molecule has 2 aromatic carbocycles. The van der Waals surface area contributed by atoms with Gasteiger partial charge in [-0.25, -0.2) is 13.4 Å². The Balaban J connectivity index is 1.68. The average Bonchev–Trinajstić information content (AvgIpc) is 3.22. The van der Waals surface area contributed by atoms with Crippen LogP contribution in [0.25, 0.3) is 5.69 Å². The van der Waals surface area contributed by atoms with Crippen molar-refractivity contribution in [2.45, 2.75) is 4.90 Å². The molecule has 8 heteroatoms. The number of rotatable bonds is 6. The quantitative estimate of drug-likeness (QED) is 0.640. The molecule has 0 aliphatic heterocycles. The summed E-state index contributed by atoms with van der Waals surface area (Å²) in [7, 11) is -3.68. The second kappa shape index (κ2) is 7.86. The standard InChI is InChI=1S/C19H16N4O3S/c1-2-11-21-27(25,26)18-9-3-15(4-10-18)19(24)22-16-5-7-17(8-6-16)23-13-12-20-14-23/h1,3-10,12-14,21H,11H2,(H,22,24). The minimum Gasteiger partial charge on any atom is -0.322 e. The first-order valence-electron chi connectivity index (χ1n) is 7.92. The Hall–Kier alpha value is -3.41. The van der Waals surface area contributed by atoms with E-state index in [0.717, 1.165) is 5.69 Å². The average molecular weight is 380 g/mol. The van der Waals surface area contributed by atoms with Crippen LogP contribution >= 0.6 is 0 Å². The van der Waals surface area contributed by atoms with E-state index < -0.39 is 10.0 Å². The molecule has 0 unspecified atom stereocenters. The summed E-state index contributed by atoms with van der Waals surface area (Å²) in [5.41, 5.74) is 1.88. The zero-order valence-electron chi connectivity index (χ0n) is 14.2. The lowest BCUT2D eigenvalue weighted by Gasteiger charge is -2.08. The largest absolute Gasteiger partial charge is 0.322 e. The van der Waals surface area contributed by atoms with Gasteiger partial charge in [-0.2, -0.15) is 4.72 Å². The van der Waals surface area contributed by atoms with Crippen molar-refractivity contribution in [1.82, 2.24) is 14.3 Å². The van der Waals surface area contributed by atoms with E-state index >= 15 is 0 Å². The van der Waals surface area contributed by atoms with Gasteiger partial charge >= 0.3 is 0 Å². The van der Waals surface area contributed by atoms with Gasteiger partial charge in [-0.15, -0.1) is 6.42 Å². The predicted octanol–water partition coefficient (Wildman–Crippen LogP) is 2.04. The summed E-state index contributed by atoms with van der Waals surface area (Å²) in [5, 5.41) is 2.77.